The Morgan fingerprint density at radius 1 is 1.24 bits per heavy atom. The predicted molar refractivity (Wildman–Crippen MR) is 81.8 cm³/mol. The topological polar surface area (TPSA) is 38.8 Å². The molecule has 0 aromatic heterocycles. The van der Waals surface area contributed by atoms with Gasteiger partial charge in [-0.25, -0.2) is 0 Å². The van der Waals surface area contributed by atoms with Crippen LogP contribution in [0.25, 0.3) is 0 Å². The third-order valence-electron chi connectivity index (χ3n) is 4.96. The van der Waals surface area contributed by atoms with E-state index in [0.717, 1.165) is 38.5 Å². The third-order valence-corrected chi connectivity index (χ3v) is 4.96. The zero-order valence-corrected chi connectivity index (χ0v) is 12.9. The molecule has 3 aliphatic rings. The van der Waals surface area contributed by atoms with E-state index < -0.39 is 0 Å². The zero-order valence-electron chi connectivity index (χ0n) is 12.9. The first-order chi connectivity index (χ1) is 10.3. The van der Waals surface area contributed by atoms with Crippen LogP contribution >= 0.6 is 0 Å². The SMILES string of the molecule is CC[C@@H]1OC(=O)CCCC/C=C\C/C=C\[C@H]2[C@H]1C[C@@H]1O[C@H]21. The highest BCUT2D eigenvalue weighted by molar-refractivity contribution is 5.69. The van der Waals surface area contributed by atoms with Gasteiger partial charge in [0.25, 0.3) is 0 Å². The Morgan fingerprint density at radius 2 is 2.14 bits per heavy atom. The van der Waals surface area contributed by atoms with E-state index in [-0.39, 0.29) is 12.1 Å². The first kappa shape index (κ1) is 14.8. The molecule has 3 rings (SSSR count). The molecule has 0 bridgehead atoms. The van der Waals surface area contributed by atoms with Crippen molar-refractivity contribution in [3.05, 3.63) is 24.3 Å². The minimum absolute atomic E-state index is 0.0212. The summed E-state index contributed by atoms with van der Waals surface area (Å²) in [5.41, 5.74) is 0. The van der Waals surface area contributed by atoms with Crippen molar-refractivity contribution in [1.29, 1.82) is 0 Å². The van der Waals surface area contributed by atoms with E-state index in [0.29, 0.717) is 30.5 Å². The molecule has 1 aliphatic carbocycles. The average Bonchev–Trinajstić information content (AvgIpc) is 3.16. The monoisotopic (exact) mass is 290 g/mol. The normalized spacial score (nSPS) is 43.1. The van der Waals surface area contributed by atoms with Gasteiger partial charge >= 0.3 is 5.97 Å². The fourth-order valence-corrected chi connectivity index (χ4v) is 3.77. The molecule has 1 saturated carbocycles. The Kier molecular flexibility index (Phi) is 4.79. The number of carbonyl (C=O) groups is 1. The summed E-state index contributed by atoms with van der Waals surface area (Å²) < 4.78 is 11.5. The van der Waals surface area contributed by atoms with Gasteiger partial charge in [-0.1, -0.05) is 31.2 Å². The van der Waals surface area contributed by atoms with E-state index >= 15 is 0 Å². The molecule has 116 valence electrons. The van der Waals surface area contributed by atoms with E-state index in [1.165, 1.54) is 0 Å². The summed E-state index contributed by atoms with van der Waals surface area (Å²) in [6.45, 7) is 2.12. The van der Waals surface area contributed by atoms with Gasteiger partial charge in [-0.05, 0) is 38.5 Å². The molecule has 0 N–H and O–H groups in total. The average molecular weight is 290 g/mol. The number of hydrogen-bond donors (Lipinski definition) is 0. The van der Waals surface area contributed by atoms with Gasteiger partial charge in [0.15, 0.2) is 0 Å². The number of esters is 1. The van der Waals surface area contributed by atoms with Crippen LogP contribution in [0.3, 0.4) is 0 Å². The second-order valence-electron chi connectivity index (χ2n) is 6.43. The van der Waals surface area contributed by atoms with E-state index in [4.69, 9.17) is 9.47 Å². The highest BCUT2D eigenvalue weighted by Crippen LogP contribution is 2.49. The number of allylic oxidation sites excluding steroid dienone is 3. The van der Waals surface area contributed by atoms with E-state index in [9.17, 15) is 4.79 Å². The molecule has 1 saturated heterocycles. The molecule has 0 amide bonds. The van der Waals surface area contributed by atoms with Crippen molar-refractivity contribution < 1.29 is 14.3 Å². The molecule has 21 heavy (non-hydrogen) atoms. The number of cyclic esters (lactones) is 1. The van der Waals surface area contributed by atoms with Gasteiger partial charge in [0.05, 0.1) is 12.2 Å². The number of rotatable bonds is 1. The van der Waals surface area contributed by atoms with Gasteiger partial charge in [-0.15, -0.1) is 0 Å². The Hall–Kier alpha value is -1.09. The molecule has 0 radical (unpaired) electrons. The summed E-state index contributed by atoms with van der Waals surface area (Å²) in [4.78, 5) is 12.0. The minimum atomic E-state index is -0.0212. The number of carbonyl (C=O) groups excluding carboxylic acids is 1. The fraction of sp³-hybridized carbons (Fsp3) is 0.722. The van der Waals surface area contributed by atoms with Crippen LogP contribution < -0.4 is 0 Å². The van der Waals surface area contributed by atoms with Crippen LogP contribution in [0.1, 0.15) is 51.9 Å². The zero-order chi connectivity index (χ0) is 14.7. The lowest BCUT2D eigenvalue weighted by atomic mass is 9.87. The first-order valence-electron chi connectivity index (χ1n) is 8.46. The van der Waals surface area contributed by atoms with Gasteiger partial charge in [0.2, 0.25) is 0 Å². The number of hydrogen-bond acceptors (Lipinski definition) is 3. The molecular formula is C18H26O3. The van der Waals surface area contributed by atoms with Gasteiger partial charge in [-0.3, -0.25) is 4.79 Å². The first-order valence-corrected chi connectivity index (χ1v) is 8.46. The van der Waals surface area contributed by atoms with Crippen molar-refractivity contribution in [1.82, 2.24) is 0 Å². The maximum atomic E-state index is 12.0. The minimum Gasteiger partial charge on any atom is -0.462 e. The van der Waals surface area contributed by atoms with Crippen LogP contribution in [0.15, 0.2) is 24.3 Å². The van der Waals surface area contributed by atoms with Crippen LogP contribution in [0, 0.1) is 11.8 Å². The van der Waals surface area contributed by atoms with E-state index in [2.05, 4.69) is 31.2 Å². The van der Waals surface area contributed by atoms with E-state index in [1.54, 1.807) is 0 Å². The van der Waals surface area contributed by atoms with Crippen molar-refractivity contribution >= 4 is 5.97 Å². The van der Waals surface area contributed by atoms with Crippen molar-refractivity contribution in [3.63, 3.8) is 0 Å². The summed E-state index contributed by atoms with van der Waals surface area (Å²) in [6, 6.07) is 0. The molecule has 0 aromatic carbocycles. The molecule has 0 spiro atoms. The summed E-state index contributed by atoms with van der Waals surface area (Å²) in [7, 11) is 0. The summed E-state index contributed by atoms with van der Waals surface area (Å²) >= 11 is 0. The Balaban J connectivity index is 1.72. The highest BCUT2D eigenvalue weighted by atomic mass is 16.6. The predicted octanol–water partition coefficient (Wildman–Crippen LogP) is 3.79. The fourth-order valence-electron chi connectivity index (χ4n) is 3.77. The van der Waals surface area contributed by atoms with Crippen LogP contribution in [0.4, 0.5) is 0 Å². The van der Waals surface area contributed by atoms with Gasteiger partial charge < -0.3 is 9.47 Å². The second-order valence-corrected chi connectivity index (χ2v) is 6.43. The maximum Gasteiger partial charge on any atom is 0.306 e. The Labute approximate surface area is 127 Å². The lowest BCUT2D eigenvalue weighted by Crippen LogP contribution is -2.31. The van der Waals surface area contributed by atoms with Crippen LogP contribution in [0.2, 0.25) is 0 Å². The van der Waals surface area contributed by atoms with Gasteiger partial charge in [-0.2, -0.15) is 0 Å². The maximum absolute atomic E-state index is 12.0. The van der Waals surface area contributed by atoms with Crippen molar-refractivity contribution in [3.8, 4) is 0 Å². The van der Waals surface area contributed by atoms with E-state index in [1.807, 2.05) is 0 Å². The molecule has 0 aromatic rings. The quantitative estimate of drug-likeness (QED) is 0.419. The molecule has 3 heteroatoms. The third kappa shape index (κ3) is 3.57. The highest BCUT2D eigenvalue weighted by Gasteiger charge is 2.56. The summed E-state index contributed by atoms with van der Waals surface area (Å²) in [6.07, 6.45) is 16.4. The van der Waals surface area contributed by atoms with Gasteiger partial charge in [0.1, 0.15) is 6.10 Å². The van der Waals surface area contributed by atoms with Crippen LogP contribution in [-0.4, -0.2) is 24.3 Å². The molecule has 2 aliphatic heterocycles. The number of epoxide rings is 1. The smallest absolute Gasteiger partial charge is 0.306 e. The van der Waals surface area contributed by atoms with Crippen LogP contribution in [-0.2, 0) is 14.3 Å². The Morgan fingerprint density at radius 3 is 3.00 bits per heavy atom. The lowest BCUT2D eigenvalue weighted by molar-refractivity contribution is -0.153. The Bertz CT molecular complexity index is 426. The molecule has 5 atom stereocenters. The molecule has 3 nitrogen and oxygen atoms in total. The molecule has 2 heterocycles. The molecule has 2 fully saturated rings. The molecular weight excluding hydrogens is 264 g/mol. The standard InChI is InChI=1S/C18H26O3/c1-2-15-14-12-16-18(21-16)13(14)10-8-6-4-3-5-7-9-11-17(19)20-15/h3-4,8,10,13-16,18H,2,5-7,9,11-12H2,1H3/b4-3-,10-8-/t13-,14+,15-,16-,18+/m0/s1. The van der Waals surface area contributed by atoms with Crippen LogP contribution in [0.5, 0.6) is 0 Å². The van der Waals surface area contributed by atoms with Crippen molar-refractivity contribution in [2.45, 2.75) is 70.2 Å². The lowest BCUT2D eigenvalue weighted by Gasteiger charge is -2.28. The number of ether oxygens (including phenoxy) is 2. The largest absolute Gasteiger partial charge is 0.462 e. The summed E-state index contributed by atoms with van der Waals surface area (Å²) in [5, 5.41) is 0. The van der Waals surface area contributed by atoms with Crippen molar-refractivity contribution in [2.24, 2.45) is 11.8 Å². The summed E-state index contributed by atoms with van der Waals surface area (Å²) in [5.74, 6) is 0.835. The van der Waals surface area contributed by atoms with Crippen molar-refractivity contribution in [2.75, 3.05) is 0 Å². The number of fused-ring (bicyclic) bond motifs is 3. The molecule has 0 unspecified atom stereocenters. The van der Waals surface area contributed by atoms with Gasteiger partial charge in [0, 0.05) is 18.3 Å². The second kappa shape index (κ2) is 6.78.